The number of piperazine rings is 1. The standard InChI is InChI=1S/C23H23FN4O2/c1-30-19-9-10-20(21(24)16-19)23(29)26-17-5-7-18(8-6-17)27-12-14-28(15-13-27)22-4-2-3-11-25-22/h2-11,16H,12-15H2,1H3,(H,26,29). The monoisotopic (exact) mass is 406 g/mol. The van der Waals surface area contributed by atoms with Gasteiger partial charge in [0.1, 0.15) is 17.4 Å². The Labute approximate surface area is 174 Å². The van der Waals surface area contributed by atoms with E-state index in [9.17, 15) is 9.18 Å². The van der Waals surface area contributed by atoms with Crippen LogP contribution in [0.3, 0.4) is 0 Å². The number of rotatable bonds is 5. The Hall–Kier alpha value is -3.61. The van der Waals surface area contributed by atoms with E-state index in [1.54, 1.807) is 6.07 Å². The molecule has 1 amide bonds. The van der Waals surface area contributed by atoms with Gasteiger partial charge in [0.15, 0.2) is 0 Å². The fourth-order valence-electron chi connectivity index (χ4n) is 3.50. The minimum absolute atomic E-state index is 0.0227. The van der Waals surface area contributed by atoms with E-state index in [2.05, 4.69) is 20.1 Å². The summed E-state index contributed by atoms with van der Waals surface area (Å²) >= 11 is 0. The van der Waals surface area contributed by atoms with Crippen molar-refractivity contribution in [2.24, 2.45) is 0 Å². The van der Waals surface area contributed by atoms with E-state index in [1.165, 1.54) is 19.2 Å². The maximum Gasteiger partial charge on any atom is 0.258 e. The summed E-state index contributed by atoms with van der Waals surface area (Å²) in [6, 6.07) is 17.7. The molecule has 1 aliphatic rings. The highest BCUT2D eigenvalue weighted by Crippen LogP contribution is 2.22. The molecule has 3 aromatic rings. The van der Waals surface area contributed by atoms with Gasteiger partial charge in [-0.3, -0.25) is 4.79 Å². The zero-order valence-corrected chi connectivity index (χ0v) is 16.7. The average molecular weight is 406 g/mol. The first-order valence-corrected chi connectivity index (χ1v) is 9.80. The lowest BCUT2D eigenvalue weighted by molar-refractivity contribution is 0.102. The number of halogens is 1. The van der Waals surface area contributed by atoms with Crippen molar-refractivity contribution in [1.82, 2.24) is 4.98 Å². The summed E-state index contributed by atoms with van der Waals surface area (Å²) in [5.41, 5.74) is 1.68. The van der Waals surface area contributed by atoms with Crippen LogP contribution in [0.5, 0.6) is 5.75 Å². The predicted molar refractivity (Wildman–Crippen MR) is 116 cm³/mol. The molecule has 0 radical (unpaired) electrons. The third-order valence-electron chi connectivity index (χ3n) is 5.16. The molecule has 154 valence electrons. The summed E-state index contributed by atoms with van der Waals surface area (Å²) in [5, 5.41) is 2.74. The van der Waals surface area contributed by atoms with Gasteiger partial charge in [0.2, 0.25) is 0 Å². The molecular weight excluding hydrogens is 383 g/mol. The van der Waals surface area contributed by atoms with Crippen LogP contribution in [-0.2, 0) is 0 Å². The molecule has 1 saturated heterocycles. The fraction of sp³-hybridized carbons (Fsp3) is 0.217. The third kappa shape index (κ3) is 4.35. The number of pyridine rings is 1. The number of anilines is 3. The first kappa shape index (κ1) is 19.7. The van der Waals surface area contributed by atoms with Gasteiger partial charge in [0.05, 0.1) is 12.7 Å². The molecule has 0 spiro atoms. The average Bonchev–Trinajstić information content (AvgIpc) is 2.80. The van der Waals surface area contributed by atoms with Crippen molar-refractivity contribution in [1.29, 1.82) is 0 Å². The Morgan fingerprint density at radius 3 is 2.37 bits per heavy atom. The van der Waals surface area contributed by atoms with Crippen LogP contribution in [0.2, 0.25) is 0 Å². The molecule has 1 aromatic heterocycles. The van der Waals surface area contributed by atoms with Crippen LogP contribution < -0.4 is 19.9 Å². The van der Waals surface area contributed by atoms with E-state index >= 15 is 0 Å². The molecule has 1 aliphatic heterocycles. The molecule has 0 unspecified atom stereocenters. The zero-order valence-electron chi connectivity index (χ0n) is 16.7. The molecule has 2 aromatic carbocycles. The van der Waals surface area contributed by atoms with Crippen molar-refractivity contribution in [3.8, 4) is 5.75 Å². The lowest BCUT2D eigenvalue weighted by Gasteiger charge is -2.36. The summed E-state index contributed by atoms with van der Waals surface area (Å²) < 4.78 is 19.1. The van der Waals surface area contributed by atoms with Crippen LogP contribution in [0.25, 0.3) is 0 Å². The third-order valence-corrected chi connectivity index (χ3v) is 5.16. The number of nitrogens with one attached hydrogen (secondary N) is 1. The Morgan fingerprint density at radius 1 is 1.00 bits per heavy atom. The number of carbonyl (C=O) groups excluding carboxylic acids is 1. The zero-order chi connectivity index (χ0) is 20.9. The van der Waals surface area contributed by atoms with E-state index < -0.39 is 11.7 Å². The van der Waals surface area contributed by atoms with Crippen molar-refractivity contribution < 1.29 is 13.9 Å². The molecule has 0 aliphatic carbocycles. The molecular formula is C23H23FN4O2. The SMILES string of the molecule is COc1ccc(C(=O)Nc2ccc(N3CCN(c4ccccn4)CC3)cc2)c(F)c1. The van der Waals surface area contributed by atoms with E-state index in [0.717, 1.165) is 37.7 Å². The Kier molecular flexibility index (Phi) is 5.79. The molecule has 0 atom stereocenters. The van der Waals surface area contributed by atoms with Crippen molar-refractivity contribution in [2.45, 2.75) is 0 Å². The number of hydrogen-bond donors (Lipinski definition) is 1. The van der Waals surface area contributed by atoms with Crippen LogP contribution >= 0.6 is 0 Å². The van der Waals surface area contributed by atoms with Gasteiger partial charge in [-0.1, -0.05) is 6.07 Å². The van der Waals surface area contributed by atoms with Crippen LogP contribution in [0.15, 0.2) is 66.9 Å². The van der Waals surface area contributed by atoms with E-state index in [-0.39, 0.29) is 5.56 Å². The molecule has 2 heterocycles. The topological polar surface area (TPSA) is 57.7 Å². The molecule has 30 heavy (non-hydrogen) atoms. The lowest BCUT2D eigenvalue weighted by atomic mass is 10.1. The van der Waals surface area contributed by atoms with Crippen molar-refractivity contribution in [3.63, 3.8) is 0 Å². The smallest absolute Gasteiger partial charge is 0.258 e. The Bertz CT molecular complexity index is 1000. The number of methoxy groups -OCH3 is 1. The summed E-state index contributed by atoms with van der Waals surface area (Å²) in [4.78, 5) is 21.4. The Morgan fingerprint density at radius 2 is 1.73 bits per heavy atom. The predicted octanol–water partition coefficient (Wildman–Crippen LogP) is 3.81. The van der Waals surface area contributed by atoms with Crippen molar-refractivity contribution in [3.05, 3.63) is 78.2 Å². The number of carbonyl (C=O) groups is 1. The number of hydrogen-bond acceptors (Lipinski definition) is 5. The maximum atomic E-state index is 14.1. The van der Waals surface area contributed by atoms with Crippen LogP contribution in [0.1, 0.15) is 10.4 Å². The quantitative estimate of drug-likeness (QED) is 0.698. The van der Waals surface area contributed by atoms with Gasteiger partial charge < -0.3 is 19.9 Å². The summed E-state index contributed by atoms with van der Waals surface area (Å²) in [7, 11) is 1.45. The molecule has 0 saturated carbocycles. The summed E-state index contributed by atoms with van der Waals surface area (Å²) in [5.74, 6) is 0.263. The van der Waals surface area contributed by atoms with Crippen LogP contribution in [0, 0.1) is 5.82 Å². The highest BCUT2D eigenvalue weighted by Gasteiger charge is 2.18. The number of aromatic nitrogens is 1. The van der Waals surface area contributed by atoms with Crippen LogP contribution in [0.4, 0.5) is 21.6 Å². The van der Waals surface area contributed by atoms with Gasteiger partial charge in [0.25, 0.3) is 5.91 Å². The van der Waals surface area contributed by atoms with Gasteiger partial charge in [-0.2, -0.15) is 0 Å². The minimum atomic E-state index is -0.616. The second kappa shape index (κ2) is 8.82. The highest BCUT2D eigenvalue weighted by atomic mass is 19.1. The van der Waals surface area contributed by atoms with E-state index in [4.69, 9.17) is 4.74 Å². The van der Waals surface area contributed by atoms with Gasteiger partial charge in [-0.05, 0) is 48.5 Å². The second-order valence-corrected chi connectivity index (χ2v) is 7.01. The minimum Gasteiger partial charge on any atom is -0.497 e. The molecule has 1 fully saturated rings. The lowest BCUT2D eigenvalue weighted by Crippen LogP contribution is -2.46. The van der Waals surface area contributed by atoms with Gasteiger partial charge in [-0.25, -0.2) is 9.37 Å². The number of ether oxygens (including phenoxy) is 1. The molecule has 1 N–H and O–H groups in total. The van der Waals surface area contributed by atoms with Crippen molar-refractivity contribution >= 4 is 23.1 Å². The molecule has 7 heteroatoms. The molecule has 6 nitrogen and oxygen atoms in total. The normalized spacial score (nSPS) is 13.8. The summed E-state index contributed by atoms with van der Waals surface area (Å²) in [6.07, 6.45) is 1.81. The van der Waals surface area contributed by atoms with Gasteiger partial charge in [-0.15, -0.1) is 0 Å². The number of nitrogens with zero attached hydrogens (tertiary/aromatic N) is 3. The first-order chi connectivity index (χ1) is 14.6. The first-order valence-electron chi connectivity index (χ1n) is 9.80. The maximum absolute atomic E-state index is 14.1. The van der Waals surface area contributed by atoms with E-state index in [1.807, 2.05) is 48.7 Å². The van der Waals surface area contributed by atoms with Crippen LogP contribution in [-0.4, -0.2) is 44.2 Å². The molecule has 4 rings (SSSR count). The highest BCUT2D eigenvalue weighted by molar-refractivity contribution is 6.04. The van der Waals surface area contributed by atoms with E-state index in [0.29, 0.717) is 11.4 Å². The largest absolute Gasteiger partial charge is 0.497 e. The van der Waals surface area contributed by atoms with Gasteiger partial charge in [0, 0.05) is 49.8 Å². The van der Waals surface area contributed by atoms with Gasteiger partial charge >= 0.3 is 0 Å². The summed E-state index contributed by atoms with van der Waals surface area (Å²) in [6.45, 7) is 3.57. The second-order valence-electron chi connectivity index (χ2n) is 7.01. The Balaban J connectivity index is 1.36. The number of amides is 1. The van der Waals surface area contributed by atoms with Crippen molar-refractivity contribution in [2.75, 3.05) is 48.4 Å². The molecule has 0 bridgehead atoms. The number of benzene rings is 2. The fourth-order valence-corrected chi connectivity index (χ4v) is 3.50.